The number of amides is 1. The topological polar surface area (TPSA) is 75.3 Å². The van der Waals surface area contributed by atoms with Gasteiger partial charge in [0.05, 0.1) is 5.75 Å². The third kappa shape index (κ3) is 5.35. The zero-order valence-corrected chi connectivity index (χ0v) is 14.1. The second-order valence-corrected chi connectivity index (χ2v) is 7.33. The van der Waals surface area contributed by atoms with Gasteiger partial charge in [-0.1, -0.05) is 35.9 Å². The lowest BCUT2D eigenvalue weighted by Gasteiger charge is -2.07. The number of benzene rings is 2. The summed E-state index contributed by atoms with van der Waals surface area (Å²) in [6.07, 6.45) is 0. The van der Waals surface area contributed by atoms with Crippen LogP contribution >= 0.6 is 11.6 Å². The molecule has 0 heterocycles. The highest BCUT2D eigenvalue weighted by Crippen LogP contribution is 2.10. The summed E-state index contributed by atoms with van der Waals surface area (Å²) in [6, 6.07) is 13.7. The van der Waals surface area contributed by atoms with E-state index in [1.165, 1.54) is 7.05 Å². The predicted octanol–water partition coefficient (Wildman–Crippen LogP) is 2.32. The van der Waals surface area contributed by atoms with Crippen LogP contribution in [0.4, 0.5) is 0 Å². The number of carbonyl (C=O) groups excluding carboxylic acids is 1. The molecule has 5 nitrogen and oxygen atoms in total. The molecule has 0 atom stereocenters. The summed E-state index contributed by atoms with van der Waals surface area (Å²) in [5, 5.41) is 3.38. The molecule has 23 heavy (non-hydrogen) atoms. The van der Waals surface area contributed by atoms with Crippen molar-refractivity contribution in [3.05, 3.63) is 70.2 Å². The number of hydrogen-bond donors (Lipinski definition) is 2. The number of nitrogens with one attached hydrogen (secondary N) is 2. The lowest BCUT2D eigenvalue weighted by Crippen LogP contribution is -2.22. The van der Waals surface area contributed by atoms with Crippen molar-refractivity contribution in [2.24, 2.45) is 0 Å². The number of halogens is 1. The van der Waals surface area contributed by atoms with E-state index in [0.717, 1.165) is 5.56 Å². The molecular formula is C16H17ClN2O3S. The molecule has 0 aliphatic rings. The fourth-order valence-corrected chi connectivity index (χ4v) is 2.83. The van der Waals surface area contributed by atoms with Crippen LogP contribution in [0.15, 0.2) is 48.5 Å². The Labute approximate surface area is 140 Å². The quantitative estimate of drug-likeness (QED) is 0.837. The number of carbonyl (C=O) groups is 1. The van der Waals surface area contributed by atoms with Crippen molar-refractivity contribution >= 4 is 27.5 Å². The van der Waals surface area contributed by atoms with Crippen molar-refractivity contribution < 1.29 is 13.2 Å². The molecule has 2 aromatic rings. The molecule has 7 heteroatoms. The van der Waals surface area contributed by atoms with Crippen LogP contribution in [0, 0.1) is 0 Å². The van der Waals surface area contributed by atoms with Gasteiger partial charge in [0, 0.05) is 17.1 Å². The Bertz CT molecular complexity index is 772. The predicted molar refractivity (Wildman–Crippen MR) is 90.7 cm³/mol. The highest BCUT2D eigenvalue weighted by atomic mass is 35.5. The number of hydrogen-bond acceptors (Lipinski definition) is 3. The summed E-state index contributed by atoms with van der Waals surface area (Å²) in [4.78, 5) is 12.0. The minimum Gasteiger partial charge on any atom is -0.348 e. The largest absolute Gasteiger partial charge is 0.348 e. The second kappa shape index (κ2) is 7.59. The first-order valence-corrected chi connectivity index (χ1v) is 8.95. The fraction of sp³-hybridized carbons (Fsp3) is 0.188. The Balaban J connectivity index is 1.93. The lowest BCUT2D eigenvalue weighted by molar-refractivity contribution is 0.0951. The molecule has 0 unspecified atom stereocenters. The molecule has 2 aromatic carbocycles. The third-order valence-electron chi connectivity index (χ3n) is 3.25. The molecule has 0 radical (unpaired) electrons. The molecule has 0 bridgehead atoms. The van der Waals surface area contributed by atoms with Crippen LogP contribution in [0.1, 0.15) is 21.5 Å². The Morgan fingerprint density at radius 2 is 1.57 bits per heavy atom. The van der Waals surface area contributed by atoms with Crippen LogP contribution in [0.5, 0.6) is 0 Å². The monoisotopic (exact) mass is 352 g/mol. The van der Waals surface area contributed by atoms with Gasteiger partial charge in [-0.15, -0.1) is 0 Å². The summed E-state index contributed by atoms with van der Waals surface area (Å²) in [5.41, 5.74) is 2.11. The molecule has 0 aliphatic heterocycles. The van der Waals surface area contributed by atoms with E-state index in [9.17, 15) is 13.2 Å². The van der Waals surface area contributed by atoms with Gasteiger partial charge in [0.25, 0.3) is 5.91 Å². The van der Waals surface area contributed by atoms with Gasteiger partial charge in [0.1, 0.15) is 0 Å². The highest BCUT2D eigenvalue weighted by molar-refractivity contribution is 7.88. The van der Waals surface area contributed by atoms with Crippen LogP contribution in [0.3, 0.4) is 0 Å². The van der Waals surface area contributed by atoms with Crippen LogP contribution in [-0.2, 0) is 22.3 Å². The molecule has 0 aromatic heterocycles. The van der Waals surface area contributed by atoms with E-state index in [0.29, 0.717) is 22.7 Å². The molecule has 0 saturated heterocycles. The fourth-order valence-electron chi connectivity index (χ4n) is 1.93. The third-order valence-corrected chi connectivity index (χ3v) is 4.84. The van der Waals surface area contributed by atoms with E-state index in [2.05, 4.69) is 10.0 Å². The Morgan fingerprint density at radius 1 is 1.00 bits per heavy atom. The summed E-state index contributed by atoms with van der Waals surface area (Å²) in [7, 11) is -1.90. The van der Waals surface area contributed by atoms with Gasteiger partial charge >= 0.3 is 0 Å². The van der Waals surface area contributed by atoms with Gasteiger partial charge in [-0.05, 0) is 42.4 Å². The Kier molecular flexibility index (Phi) is 5.76. The minimum absolute atomic E-state index is 0.0685. The normalized spacial score (nSPS) is 11.2. The van der Waals surface area contributed by atoms with Gasteiger partial charge in [-0.3, -0.25) is 4.79 Å². The summed E-state index contributed by atoms with van der Waals surface area (Å²) in [6.45, 7) is 0.362. The molecule has 2 rings (SSSR count). The highest BCUT2D eigenvalue weighted by Gasteiger charge is 2.09. The standard InChI is InChI=1S/C16H17ClN2O3S/c1-18-23(21,22)11-13-4-2-12(3-5-13)10-19-16(20)14-6-8-15(17)9-7-14/h2-9,18H,10-11H2,1H3,(H,19,20). The molecule has 0 fully saturated rings. The van der Waals surface area contributed by atoms with Crippen molar-refractivity contribution in [1.82, 2.24) is 10.0 Å². The van der Waals surface area contributed by atoms with Crippen molar-refractivity contribution in [1.29, 1.82) is 0 Å². The molecule has 122 valence electrons. The van der Waals surface area contributed by atoms with Gasteiger partial charge < -0.3 is 5.32 Å². The van der Waals surface area contributed by atoms with Gasteiger partial charge in [0.2, 0.25) is 10.0 Å². The zero-order chi connectivity index (χ0) is 16.9. The van der Waals surface area contributed by atoms with Crippen molar-refractivity contribution in [2.45, 2.75) is 12.3 Å². The SMILES string of the molecule is CNS(=O)(=O)Cc1ccc(CNC(=O)c2ccc(Cl)cc2)cc1. The van der Waals surface area contributed by atoms with Crippen LogP contribution in [-0.4, -0.2) is 21.4 Å². The average molecular weight is 353 g/mol. The average Bonchev–Trinajstić information content (AvgIpc) is 2.54. The van der Waals surface area contributed by atoms with Crippen LogP contribution in [0.2, 0.25) is 5.02 Å². The van der Waals surface area contributed by atoms with Gasteiger partial charge in [-0.25, -0.2) is 13.1 Å². The Morgan fingerprint density at radius 3 is 2.13 bits per heavy atom. The molecule has 0 spiro atoms. The summed E-state index contributed by atoms with van der Waals surface area (Å²) in [5.74, 6) is -0.260. The smallest absolute Gasteiger partial charge is 0.251 e. The van der Waals surface area contributed by atoms with E-state index in [1.54, 1.807) is 48.5 Å². The van der Waals surface area contributed by atoms with E-state index in [-0.39, 0.29) is 11.7 Å². The molecule has 0 aliphatic carbocycles. The second-order valence-electron chi connectivity index (χ2n) is 4.97. The van der Waals surface area contributed by atoms with E-state index >= 15 is 0 Å². The van der Waals surface area contributed by atoms with Crippen molar-refractivity contribution in [3.8, 4) is 0 Å². The maximum absolute atomic E-state index is 12.0. The van der Waals surface area contributed by atoms with Crippen molar-refractivity contribution in [3.63, 3.8) is 0 Å². The zero-order valence-electron chi connectivity index (χ0n) is 12.5. The van der Waals surface area contributed by atoms with Crippen LogP contribution < -0.4 is 10.0 Å². The minimum atomic E-state index is -3.28. The van der Waals surface area contributed by atoms with E-state index < -0.39 is 10.0 Å². The summed E-state index contributed by atoms with van der Waals surface area (Å²) >= 11 is 5.78. The van der Waals surface area contributed by atoms with Crippen molar-refractivity contribution in [2.75, 3.05) is 7.05 Å². The molecule has 1 amide bonds. The van der Waals surface area contributed by atoms with E-state index in [1.807, 2.05) is 0 Å². The van der Waals surface area contributed by atoms with E-state index in [4.69, 9.17) is 11.6 Å². The lowest BCUT2D eigenvalue weighted by atomic mass is 10.1. The summed E-state index contributed by atoms with van der Waals surface area (Å²) < 4.78 is 25.2. The maximum Gasteiger partial charge on any atom is 0.251 e. The van der Waals surface area contributed by atoms with Gasteiger partial charge in [-0.2, -0.15) is 0 Å². The molecule has 2 N–H and O–H groups in total. The number of rotatable bonds is 6. The van der Waals surface area contributed by atoms with Crippen LogP contribution in [0.25, 0.3) is 0 Å². The number of sulfonamides is 1. The maximum atomic E-state index is 12.0. The molecule has 0 saturated carbocycles. The first kappa shape index (κ1) is 17.5. The molecular weight excluding hydrogens is 336 g/mol. The van der Waals surface area contributed by atoms with Gasteiger partial charge in [0.15, 0.2) is 0 Å². The Hall–Kier alpha value is -1.89. The first-order valence-electron chi connectivity index (χ1n) is 6.92. The first-order chi connectivity index (χ1) is 10.9.